The second-order valence-electron chi connectivity index (χ2n) is 6.93. The monoisotopic (exact) mass is 490 g/mol. The molecule has 0 spiro atoms. The van der Waals surface area contributed by atoms with E-state index in [4.69, 9.17) is 4.74 Å². The predicted molar refractivity (Wildman–Crippen MR) is 123 cm³/mol. The van der Waals surface area contributed by atoms with Crippen LogP contribution in [-0.2, 0) is 9.53 Å². The maximum absolute atomic E-state index is 11.7. The molecule has 7 heteroatoms. The highest BCUT2D eigenvalue weighted by atomic mass is 127. The van der Waals surface area contributed by atoms with E-state index in [-0.39, 0.29) is 42.5 Å². The van der Waals surface area contributed by atoms with Crippen molar-refractivity contribution in [3.63, 3.8) is 0 Å². The molecule has 1 aromatic carbocycles. The van der Waals surface area contributed by atoms with E-state index >= 15 is 0 Å². The molecule has 0 heterocycles. The third kappa shape index (κ3) is 11.9. The molecule has 0 saturated carbocycles. The van der Waals surface area contributed by atoms with Crippen molar-refractivity contribution >= 4 is 35.8 Å². The van der Waals surface area contributed by atoms with Gasteiger partial charge in [-0.25, -0.2) is 4.99 Å². The van der Waals surface area contributed by atoms with E-state index in [1.807, 2.05) is 18.2 Å². The minimum atomic E-state index is -0.0179. The number of carbonyl (C=O) groups excluding carboxylic acids is 1. The number of amides is 1. The van der Waals surface area contributed by atoms with Gasteiger partial charge in [0.2, 0.25) is 5.91 Å². The zero-order chi connectivity index (χ0) is 19.4. The van der Waals surface area contributed by atoms with Crippen LogP contribution in [0.25, 0.3) is 0 Å². The van der Waals surface area contributed by atoms with Crippen LogP contribution in [-0.4, -0.2) is 57.1 Å². The topological polar surface area (TPSA) is 66.0 Å². The van der Waals surface area contributed by atoms with Gasteiger partial charge < -0.3 is 20.3 Å². The van der Waals surface area contributed by atoms with Crippen LogP contribution < -0.4 is 10.6 Å². The van der Waals surface area contributed by atoms with Gasteiger partial charge >= 0.3 is 0 Å². The Bertz CT molecular complexity index is 550. The summed E-state index contributed by atoms with van der Waals surface area (Å²) in [5.74, 6) is 1.15. The lowest BCUT2D eigenvalue weighted by atomic mass is 10.1. The number of hydrogen-bond donors (Lipinski definition) is 2. The fourth-order valence-corrected chi connectivity index (χ4v) is 2.12. The third-order valence-corrected chi connectivity index (χ3v) is 3.80. The molecule has 154 valence electrons. The molecule has 0 aliphatic carbocycles. The molecule has 1 rings (SSSR count). The molecule has 1 aromatic rings. The Morgan fingerprint density at radius 1 is 1.15 bits per heavy atom. The van der Waals surface area contributed by atoms with Gasteiger partial charge in [-0.3, -0.25) is 4.79 Å². The van der Waals surface area contributed by atoms with Gasteiger partial charge in [0.05, 0.1) is 6.10 Å². The fraction of sp³-hybridized carbons (Fsp3) is 0.600. The molecule has 0 aliphatic rings. The molecular weight excluding hydrogens is 455 g/mol. The number of carbonyl (C=O) groups is 1. The van der Waals surface area contributed by atoms with Crippen molar-refractivity contribution in [2.45, 2.75) is 33.3 Å². The molecule has 0 radical (unpaired) electrons. The number of hydrogen-bond acceptors (Lipinski definition) is 3. The first-order valence-corrected chi connectivity index (χ1v) is 9.29. The molecular formula is C20H35IN4O2. The molecule has 1 unspecified atom stereocenters. The van der Waals surface area contributed by atoms with Crippen molar-refractivity contribution in [1.29, 1.82) is 0 Å². The van der Waals surface area contributed by atoms with Crippen LogP contribution in [0.4, 0.5) is 0 Å². The largest absolute Gasteiger partial charge is 0.374 e. The number of guanidine groups is 1. The Balaban J connectivity index is 0.00000676. The van der Waals surface area contributed by atoms with Gasteiger partial charge in [-0.1, -0.05) is 44.2 Å². The summed E-state index contributed by atoms with van der Waals surface area (Å²) in [6, 6.07) is 10.2. The zero-order valence-corrected chi connectivity index (χ0v) is 19.5. The summed E-state index contributed by atoms with van der Waals surface area (Å²) in [7, 11) is 3.47. The van der Waals surface area contributed by atoms with Crippen LogP contribution in [0.5, 0.6) is 0 Å². The van der Waals surface area contributed by atoms with E-state index in [1.165, 1.54) is 5.56 Å². The number of nitrogens with one attached hydrogen (secondary N) is 2. The van der Waals surface area contributed by atoms with Gasteiger partial charge in [-0.05, 0) is 24.8 Å². The standard InChI is InChI=1S/C20H34N4O2.HI/c1-16(2)14-22-20(23-15-19(25)24(4)5)21-12-9-13-26-17(3)18-10-7-6-8-11-18;/h6-8,10-11,16-17H,9,12-15H2,1-5H3,(H2,21,22,23);1H. The van der Waals surface area contributed by atoms with Crippen LogP contribution in [0, 0.1) is 5.92 Å². The summed E-state index contributed by atoms with van der Waals surface area (Å²) < 4.78 is 5.88. The smallest absolute Gasteiger partial charge is 0.243 e. The molecule has 1 amide bonds. The van der Waals surface area contributed by atoms with Crippen LogP contribution in [0.3, 0.4) is 0 Å². The average molecular weight is 490 g/mol. The lowest BCUT2D eigenvalue weighted by Crippen LogP contribution is -2.40. The van der Waals surface area contributed by atoms with E-state index in [1.54, 1.807) is 19.0 Å². The van der Waals surface area contributed by atoms with Gasteiger partial charge in [0.15, 0.2) is 5.96 Å². The molecule has 6 nitrogen and oxygen atoms in total. The van der Waals surface area contributed by atoms with Gasteiger partial charge in [-0.2, -0.15) is 0 Å². The summed E-state index contributed by atoms with van der Waals surface area (Å²) in [5.41, 5.74) is 1.18. The first-order chi connectivity index (χ1) is 12.4. The Hall–Kier alpha value is -1.35. The molecule has 0 aromatic heterocycles. The van der Waals surface area contributed by atoms with Crippen LogP contribution in [0.1, 0.15) is 38.9 Å². The number of aliphatic imine (C=N–C) groups is 1. The fourth-order valence-electron chi connectivity index (χ4n) is 2.12. The number of halogens is 1. The first-order valence-electron chi connectivity index (χ1n) is 9.29. The molecule has 1 atom stereocenters. The third-order valence-electron chi connectivity index (χ3n) is 3.80. The van der Waals surface area contributed by atoms with Crippen molar-refractivity contribution < 1.29 is 9.53 Å². The van der Waals surface area contributed by atoms with Crippen LogP contribution >= 0.6 is 24.0 Å². The summed E-state index contributed by atoms with van der Waals surface area (Å²) in [5, 5.41) is 6.54. The van der Waals surface area contributed by atoms with Crippen LogP contribution in [0.2, 0.25) is 0 Å². The highest BCUT2D eigenvalue weighted by molar-refractivity contribution is 14.0. The number of benzene rings is 1. The van der Waals surface area contributed by atoms with Gasteiger partial charge in [0, 0.05) is 33.8 Å². The van der Waals surface area contributed by atoms with Crippen molar-refractivity contribution in [2.24, 2.45) is 10.9 Å². The van der Waals surface area contributed by atoms with E-state index in [0.29, 0.717) is 18.5 Å². The second-order valence-corrected chi connectivity index (χ2v) is 6.93. The van der Waals surface area contributed by atoms with E-state index < -0.39 is 0 Å². The number of nitrogens with zero attached hydrogens (tertiary/aromatic N) is 2. The lowest BCUT2D eigenvalue weighted by molar-refractivity contribution is -0.127. The van der Waals surface area contributed by atoms with E-state index in [2.05, 4.69) is 48.5 Å². The SMILES string of the molecule is CC(C)CNC(=NCC(=O)N(C)C)NCCCOC(C)c1ccccc1.I. The van der Waals surface area contributed by atoms with Crippen molar-refractivity contribution in [3.8, 4) is 0 Å². The van der Waals surface area contributed by atoms with Gasteiger partial charge in [0.1, 0.15) is 6.54 Å². The highest BCUT2D eigenvalue weighted by Gasteiger charge is 2.06. The van der Waals surface area contributed by atoms with Crippen molar-refractivity contribution in [3.05, 3.63) is 35.9 Å². The quantitative estimate of drug-likeness (QED) is 0.229. The normalized spacial score (nSPS) is 12.3. The average Bonchev–Trinajstić information content (AvgIpc) is 2.62. The summed E-state index contributed by atoms with van der Waals surface area (Å²) in [6.45, 7) is 8.68. The molecule has 27 heavy (non-hydrogen) atoms. The second kappa shape index (κ2) is 14.7. The van der Waals surface area contributed by atoms with Gasteiger partial charge in [0.25, 0.3) is 0 Å². The van der Waals surface area contributed by atoms with E-state index in [0.717, 1.165) is 19.5 Å². The van der Waals surface area contributed by atoms with Crippen molar-refractivity contribution in [1.82, 2.24) is 15.5 Å². The molecule has 0 aliphatic heterocycles. The molecule has 0 fully saturated rings. The summed E-state index contributed by atoms with van der Waals surface area (Å²) in [6.07, 6.45) is 0.947. The Morgan fingerprint density at radius 3 is 2.41 bits per heavy atom. The number of likely N-dealkylation sites (N-methyl/N-ethyl adjacent to an activating group) is 1. The minimum absolute atomic E-state index is 0. The number of ether oxygens (including phenoxy) is 1. The van der Waals surface area contributed by atoms with E-state index in [9.17, 15) is 4.79 Å². The highest BCUT2D eigenvalue weighted by Crippen LogP contribution is 2.15. The lowest BCUT2D eigenvalue weighted by Gasteiger charge is -2.16. The van der Waals surface area contributed by atoms with Gasteiger partial charge in [-0.15, -0.1) is 24.0 Å². The molecule has 0 saturated heterocycles. The first kappa shape index (κ1) is 25.6. The summed E-state index contributed by atoms with van der Waals surface area (Å²) >= 11 is 0. The van der Waals surface area contributed by atoms with Crippen LogP contribution in [0.15, 0.2) is 35.3 Å². The number of rotatable bonds is 10. The van der Waals surface area contributed by atoms with Crippen molar-refractivity contribution in [2.75, 3.05) is 40.3 Å². The Labute approximate surface area is 181 Å². The maximum atomic E-state index is 11.7. The Morgan fingerprint density at radius 2 is 1.81 bits per heavy atom. The molecule has 0 bridgehead atoms. The molecule has 2 N–H and O–H groups in total. The zero-order valence-electron chi connectivity index (χ0n) is 17.2. The Kier molecular flexibility index (Phi) is 13.9. The maximum Gasteiger partial charge on any atom is 0.243 e. The summed E-state index contributed by atoms with van der Waals surface area (Å²) in [4.78, 5) is 17.6. The predicted octanol–water partition coefficient (Wildman–Crippen LogP) is 3.05. The minimum Gasteiger partial charge on any atom is -0.374 e.